The van der Waals surface area contributed by atoms with Crippen molar-refractivity contribution in [2.45, 2.75) is 77.7 Å². The normalized spacial score (nSPS) is 26.7. The Balaban J connectivity index is 1.68. The number of rotatable bonds is 7. The van der Waals surface area contributed by atoms with Crippen LogP contribution < -0.4 is 0 Å². The van der Waals surface area contributed by atoms with E-state index in [0.717, 1.165) is 24.7 Å². The van der Waals surface area contributed by atoms with Gasteiger partial charge in [0.2, 0.25) is 0 Å². The van der Waals surface area contributed by atoms with Crippen molar-refractivity contribution in [3.63, 3.8) is 0 Å². The standard InChI is InChI=1S/C20H34O3/c1-4-19(21)23-15-14-22-18-12-10-17(11-13-18)20(2,3)16-8-6-5-7-9-16/h4,16-18H,1,5-15H2,2-3H3. The van der Waals surface area contributed by atoms with Crippen molar-refractivity contribution in [1.29, 1.82) is 0 Å². The van der Waals surface area contributed by atoms with Gasteiger partial charge in [0.15, 0.2) is 0 Å². The second kappa shape index (κ2) is 8.86. The molecule has 2 fully saturated rings. The molecule has 2 saturated carbocycles. The van der Waals surface area contributed by atoms with Gasteiger partial charge in [0.1, 0.15) is 6.61 Å². The Labute approximate surface area is 141 Å². The van der Waals surface area contributed by atoms with Gasteiger partial charge in [-0.1, -0.05) is 39.7 Å². The maximum absolute atomic E-state index is 11.0. The first-order valence-electron chi connectivity index (χ1n) is 9.45. The van der Waals surface area contributed by atoms with E-state index in [9.17, 15) is 4.79 Å². The van der Waals surface area contributed by atoms with E-state index in [1.54, 1.807) is 0 Å². The maximum atomic E-state index is 11.0. The molecule has 3 heteroatoms. The summed E-state index contributed by atoms with van der Waals surface area (Å²) in [6.45, 7) is 9.22. The molecule has 23 heavy (non-hydrogen) atoms. The summed E-state index contributed by atoms with van der Waals surface area (Å²) in [7, 11) is 0. The van der Waals surface area contributed by atoms with E-state index >= 15 is 0 Å². The van der Waals surface area contributed by atoms with E-state index in [2.05, 4.69) is 20.4 Å². The van der Waals surface area contributed by atoms with Crippen molar-refractivity contribution >= 4 is 5.97 Å². The van der Waals surface area contributed by atoms with Crippen molar-refractivity contribution in [3.8, 4) is 0 Å². The molecule has 0 heterocycles. The van der Waals surface area contributed by atoms with Gasteiger partial charge in [0, 0.05) is 6.08 Å². The molecular formula is C20H34O3. The van der Waals surface area contributed by atoms with Gasteiger partial charge in [-0.3, -0.25) is 0 Å². The molecule has 0 N–H and O–H groups in total. The SMILES string of the molecule is C=CC(=O)OCCOC1CCC(C(C)(C)C2CCCCC2)CC1. The van der Waals surface area contributed by atoms with Crippen molar-refractivity contribution in [3.05, 3.63) is 12.7 Å². The highest BCUT2D eigenvalue weighted by Crippen LogP contribution is 2.48. The first-order valence-corrected chi connectivity index (χ1v) is 9.45. The summed E-state index contributed by atoms with van der Waals surface area (Å²) in [5.41, 5.74) is 0.477. The molecular weight excluding hydrogens is 288 g/mol. The Morgan fingerprint density at radius 1 is 1.00 bits per heavy atom. The number of esters is 1. The van der Waals surface area contributed by atoms with Gasteiger partial charge in [-0.25, -0.2) is 4.79 Å². The van der Waals surface area contributed by atoms with Crippen molar-refractivity contribution in [1.82, 2.24) is 0 Å². The van der Waals surface area contributed by atoms with Gasteiger partial charge in [-0.15, -0.1) is 0 Å². The van der Waals surface area contributed by atoms with Crippen LogP contribution in [0.2, 0.25) is 0 Å². The summed E-state index contributed by atoms with van der Waals surface area (Å²) < 4.78 is 10.8. The third-order valence-electron chi connectivity index (χ3n) is 6.23. The topological polar surface area (TPSA) is 35.5 Å². The predicted molar refractivity (Wildman–Crippen MR) is 93.2 cm³/mol. The van der Waals surface area contributed by atoms with Crippen LogP contribution in [0.3, 0.4) is 0 Å². The molecule has 0 aliphatic heterocycles. The molecule has 0 aromatic carbocycles. The summed E-state index contributed by atoms with van der Waals surface area (Å²) in [6.07, 6.45) is 13.5. The van der Waals surface area contributed by atoms with Crippen LogP contribution >= 0.6 is 0 Å². The van der Waals surface area contributed by atoms with E-state index in [1.165, 1.54) is 51.0 Å². The molecule has 2 aliphatic carbocycles. The zero-order valence-corrected chi connectivity index (χ0v) is 15.0. The van der Waals surface area contributed by atoms with Gasteiger partial charge in [0.05, 0.1) is 12.7 Å². The molecule has 0 atom stereocenters. The lowest BCUT2D eigenvalue weighted by Crippen LogP contribution is -2.37. The minimum absolute atomic E-state index is 0.332. The quantitative estimate of drug-likeness (QED) is 0.380. The van der Waals surface area contributed by atoms with Crippen LogP contribution in [0.15, 0.2) is 12.7 Å². The largest absolute Gasteiger partial charge is 0.460 e. The molecule has 0 spiro atoms. The third-order valence-corrected chi connectivity index (χ3v) is 6.23. The smallest absolute Gasteiger partial charge is 0.330 e. The van der Waals surface area contributed by atoms with Gasteiger partial charge in [-0.2, -0.15) is 0 Å². The van der Waals surface area contributed by atoms with Crippen molar-refractivity contribution in [2.24, 2.45) is 17.3 Å². The highest BCUT2D eigenvalue weighted by Gasteiger charge is 2.39. The Kier molecular flexibility index (Phi) is 7.13. The van der Waals surface area contributed by atoms with Gasteiger partial charge >= 0.3 is 5.97 Å². The van der Waals surface area contributed by atoms with Crippen LogP contribution in [0.25, 0.3) is 0 Å². The molecule has 2 rings (SSSR count). The van der Waals surface area contributed by atoms with Crippen LogP contribution in [-0.2, 0) is 14.3 Å². The zero-order chi connectivity index (χ0) is 16.7. The summed E-state index contributed by atoms with van der Waals surface area (Å²) in [5, 5.41) is 0. The number of hydrogen-bond acceptors (Lipinski definition) is 3. The Morgan fingerprint density at radius 2 is 1.61 bits per heavy atom. The Morgan fingerprint density at radius 3 is 2.22 bits per heavy atom. The van der Waals surface area contributed by atoms with E-state index in [-0.39, 0.29) is 5.97 Å². The average molecular weight is 322 g/mol. The van der Waals surface area contributed by atoms with E-state index in [0.29, 0.717) is 24.7 Å². The molecule has 0 radical (unpaired) electrons. The molecule has 0 bridgehead atoms. The lowest BCUT2D eigenvalue weighted by Gasteiger charge is -2.45. The Bertz CT molecular complexity index is 374. The predicted octanol–water partition coefficient (Wildman–Crippen LogP) is 4.90. The van der Waals surface area contributed by atoms with Crippen LogP contribution in [0.4, 0.5) is 0 Å². The molecule has 0 saturated heterocycles. The van der Waals surface area contributed by atoms with Crippen molar-refractivity contribution < 1.29 is 14.3 Å². The van der Waals surface area contributed by atoms with Crippen LogP contribution in [0.5, 0.6) is 0 Å². The van der Waals surface area contributed by atoms with E-state index in [4.69, 9.17) is 9.47 Å². The van der Waals surface area contributed by atoms with Crippen LogP contribution in [-0.4, -0.2) is 25.3 Å². The second-order valence-electron chi connectivity index (χ2n) is 7.87. The van der Waals surface area contributed by atoms with Gasteiger partial charge in [0.25, 0.3) is 0 Å². The van der Waals surface area contributed by atoms with Crippen molar-refractivity contribution in [2.75, 3.05) is 13.2 Å². The van der Waals surface area contributed by atoms with Crippen LogP contribution in [0, 0.1) is 17.3 Å². The first kappa shape index (κ1) is 18.5. The lowest BCUT2D eigenvalue weighted by atomic mass is 9.61. The second-order valence-corrected chi connectivity index (χ2v) is 7.87. The molecule has 0 unspecified atom stereocenters. The van der Waals surface area contributed by atoms with E-state index in [1.807, 2.05) is 0 Å². The minimum Gasteiger partial charge on any atom is -0.460 e. The molecule has 3 nitrogen and oxygen atoms in total. The fourth-order valence-corrected chi connectivity index (χ4v) is 4.57. The third kappa shape index (κ3) is 5.34. The summed E-state index contributed by atoms with van der Waals surface area (Å²) in [4.78, 5) is 11.0. The fourth-order valence-electron chi connectivity index (χ4n) is 4.57. The number of ether oxygens (including phenoxy) is 2. The fraction of sp³-hybridized carbons (Fsp3) is 0.850. The van der Waals surface area contributed by atoms with Gasteiger partial charge in [-0.05, 0) is 55.8 Å². The van der Waals surface area contributed by atoms with Gasteiger partial charge < -0.3 is 9.47 Å². The maximum Gasteiger partial charge on any atom is 0.330 e. The summed E-state index contributed by atoms with van der Waals surface area (Å²) >= 11 is 0. The number of carbonyl (C=O) groups is 1. The monoisotopic (exact) mass is 322 g/mol. The zero-order valence-electron chi connectivity index (χ0n) is 15.0. The molecule has 0 amide bonds. The molecule has 132 valence electrons. The minimum atomic E-state index is -0.369. The number of hydrogen-bond donors (Lipinski definition) is 0. The number of carbonyl (C=O) groups excluding carboxylic acids is 1. The molecule has 2 aliphatic rings. The molecule has 0 aromatic rings. The average Bonchev–Trinajstić information content (AvgIpc) is 2.59. The Hall–Kier alpha value is -0.830. The summed E-state index contributed by atoms with van der Waals surface area (Å²) in [6, 6.07) is 0. The van der Waals surface area contributed by atoms with E-state index < -0.39 is 0 Å². The lowest BCUT2D eigenvalue weighted by molar-refractivity contribution is -0.140. The highest BCUT2D eigenvalue weighted by atomic mass is 16.6. The highest BCUT2D eigenvalue weighted by molar-refractivity contribution is 5.81. The molecule has 0 aromatic heterocycles. The summed E-state index contributed by atoms with van der Waals surface area (Å²) in [5.74, 6) is 1.38. The van der Waals surface area contributed by atoms with Crippen LogP contribution in [0.1, 0.15) is 71.6 Å². The first-order chi connectivity index (χ1) is 11.0.